The molecule has 0 saturated carbocycles. The molecule has 4 heteroatoms. The number of hydrogen-bond acceptors (Lipinski definition) is 3. The van der Waals surface area contributed by atoms with Crippen LogP contribution in [-0.2, 0) is 6.54 Å². The van der Waals surface area contributed by atoms with E-state index in [4.69, 9.17) is 0 Å². The Bertz CT molecular complexity index is 358. The predicted molar refractivity (Wildman–Crippen MR) is 58.6 cm³/mol. The van der Waals surface area contributed by atoms with Gasteiger partial charge in [-0.2, -0.15) is 0 Å². The van der Waals surface area contributed by atoms with Gasteiger partial charge in [0.1, 0.15) is 0 Å². The van der Waals surface area contributed by atoms with E-state index in [1.165, 1.54) is 11.6 Å². The standard InChI is InChI=1S/C11H12N2O2/c14-13(15)9-5-4-8-12-10-11-6-2-1-3-7-11/h1-9,12H,10H2/b8-4+,9-5+. The highest BCUT2D eigenvalue weighted by Gasteiger charge is 1.85. The molecular formula is C11H12N2O2. The number of rotatable bonds is 5. The quantitative estimate of drug-likeness (QED) is 0.454. The molecule has 78 valence electrons. The fraction of sp³-hybridized carbons (Fsp3) is 0.0909. The summed E-state index contributed by atoms with van der Waals surface area (Å²) in [7, 11) is 0. The van der Waals surface area contributed by atoms with Crippen molar-refractivity contribution in [2.45, 2.75) is 6.54 Å². The van der Waals surface area contributed by atoms with Crippen molar-refractivity contribution in [3.05, 3.63) is 70.6 Å². The van der Waals surface area contributed by atoms with Crippen LogP contribution in [0, 0.1) is 10.1 Å². The number of nitrogens with zero attached hydrogens (tertiary/aromatic N) is 1. The molecule has 0 fully saturated rings. The first-order chi connectivity index (χ1) is 7.29. The van der Waals surface area contributed by atoms with Gasteiger partial charge in [-0.15, -0.1) is 0 Å². The third-order valence-electron chi connectivity index (χ3n) is 1.68. The van der Waals surface area contributed by atoms with Gasteiger partial charge in [0.2, 0.25) is 6.20 Å². The second-order valence-electron chi connectivity index (χ2n) is 2.85. The van der Waals surface area contributed by atoms with Gasteiger partial charge < -0.3 is 5.32 Å². The normalized spacial score (nSPS) is 10.9. The summed E-state index contributed by atoms with van der Waals surface area (Å²) in [6.45, 7) is 0.712. The van der Waals surface area contributed by atoms with Crippen LogP contribution in [0.5, 0.6) is 0 Å². The van der Waals surface area contributed by atoms with Crippen molar-refractivity contribution in [3.63, 3.8) is 0 Å². The van der Waals surface area contributed by atoms with Crippen molar-refractivity contribution in [1.82, 2.24) is 5.32 Å². The van der Waals surface area contributed by atoms with Crippen molar-refractivity contribution < 1.29 is 4.92 Å². The molecule has 1 N–H and O–H groups in total. The molecule has 0 aliphatic heterocycles. The third kappa shape index (κ3) is 5.25. The number of benzene rings is 1. The summed E-state index contributed by atoms with van der Waals surface area (Å²) in [5, 5.41) is 12.9. The van der Waals surface area contributed by atoms with Gasteiger partial charge >= 0.3 is 0 Å². The van der Waals surface area contributed by atoms with Crippen LogP contribution in [0.25, 0.3) is 0 Å². The lowest BCUT2D eigenvalue weighted by Gasteiger charge is -1.99. The fourth-order valence-corrected chi connectivity index (χ4v) is 1.02. The topological polar surface area (TPSA) is 55.2 Å². The highest BCUT2D eigenvalue weighted by atomic mass is 16.6. The molecule has 0 heterocycles. The molecule has 0 aliphatic carbocycles. The van der Waals surface area contributed by atoms with Crippen molar-refractivity contribution in [2.75, 3.05) is 0 Å². The maximum absolute atomic E-state index is 9.92. The van der Waals surface area contributed by atoms with Crippen LogP contribution in [0.1, 0.15) is 5.56 Å². The Kier molecular flexibility index (Phi) is 4.66. The predicted octanol–water partition coefficient (Wildman–Crippen LogP) is 2.08. The summed E-state index contributed by atoms with van der Waals surface area (Å²) in [5.74, 6) is 0. The van der Waals surface area contributed by atoms with Crippen molar-refractivity contribution in [1.29, 1.82) is 0 Å². The molecular weight excluding hydrogens is 192 g/mol. The molecule has 15 heavy (non-hydrogen) atoms. The van der Waals surface area contributed by atoms with Gasteiger partial charge in [0, 0.05) is 12.6 Å². The molecule has 1 aromatic carbocycles. The summed E-state index contributed by atoms with van der Waals surface area (Å²) in [6.07, 6.45) is 5.53. The van der Waals surface area contributed by atoms with Gasteiger partial charge in [-0.05, 0) is 17.8 Å². The summed E-state index contributed by atoms with van der Waals surface area (Å²) >= 11 is 0. The lowest BCUT2D eigenvalue weighted by molar-refractivity contribution is -0.402. The van der Waals surface area contributed by atoms with Crippen LogP contribution in [0.2, 0.25) is 0 Å². The Morgan fingerprint density at radius 1 is 1.27 bits per heavy atom. The highest BCUT2D eigenvalue weighted by Crippen LogP contribution is 1.96. The third-order valence-corrected chi connectivity index (χ3v) is 1.68. The second-order valence-corrected chi connectivity index (χ2v) is 2.85. The Labute approximate surface area is 88.1 Å². The molecule has 0 bridgehead atoms. The van der Waals surface area contributed by atoms with Crippen molar-refractivity contribution in [3.8, 4) is 0 Å². The molecule has 0 spiro atoms. The summed E-state index contributed by atoms with van der Waals surface area (Å²) in [4.78, 5) is 9.42. The first kappa shape index (κ1) is 11.0. The van der Waals surface area contributed by atoms with E-state index in [-0.39, 0.29) is 0 Å². The van der Waals surface area contributed by atoms with Crippen LogP contribution in [0.4, 0.5) is 0 Å². The maximum Gasteiger partial charge on any atom is 0.234 e. The van der Waals surface area contributed by atoms with E-state index in [0.717, 1.165) is 6.20 Å². The smallest absolute Gasteiger partial charge is 0.234 e. The summed E-state index contributed by atoms with van der Waals surface area (Å²) in [6, 6.07) is 9.90. The average Bonchev–Trinajstić information content (AvgIpc) is 2.24. The van der Waals surface area contributed by atoms with E-state index in [1.807, 2.05) is 30.3 Å². The van der Waals surface area contributed by atoms with Gasteiger partial charge in [0.05, 0.1) is 4.92 Å². The van der Waals surface area contributed by atoms with Crippen LogP contribution in [-0.4, -0.2) is 4.92 Å². The van der Waals surface area contributed by atoms with Gasteiger partial charge in [0.25, 0.3) is 0 Å². The Morgan fingerprint density at radius 2 is 2.00 bits per heavy atom. The fourth-order valence-electron chi connectivity index (χ4n) is 1.02. The molecule has 0 unspecified atom stereocenters. The Hall–Kier alpha value is -2.10. The molecule has 1 aromatic rings. The van der Waals surface area contributed by atoms with Gasteiger partial charge in [-0.1, -0.05) is 30.3 Å². The van der Waals surface area contributed by atoms with Crippen LogP contribution < -0.4 is 5.32 Å². The van der Waals surface area contributed by atoms with E-state index in [2.05, 4.69) is 5.32 Å². The molecule has 0 aliphatic rings. The Morgan fingerprint density at radius 3 is 2.67 bits per heavy atom. The zero-order valence-corrected chi connectivity index (χ0v) is 8.17. The highest BCUT2D eigenvalue weighted by molar-refractivity contribution is 5.14. The van der Waals surface area contributed by atoms with E-state index >= 15 is 0 Å². The molecule has 4 nitrogen and oxygen atoms in total. The van der Waals surface area contributed by atoms with E-state index in [9.17, 15) is 10.1 Å². The van der Waals surface area contributed by atoms with E-state index < -0.39 is 4.92 Å². The van der Waals surface area contributed by atoms with Gasteiger partial charge in [-0.3, -0.25) is 10.1 Å². The minimum Gasteiger partial charge on any atom is -0.387 e. The minimum atomic E-state index is -0.498. The average molecular weight is 204 g/mol. The summed E-state index contributed by atoms with van der Waals surface area (Å²) < 4.78 is 0. The lowest BCUT2D eigenvalue weighted by Crippen LogP contribution is -2.03. The molecule has 0 amide bonds. The minimum absolute atomic E-state index is 0.498. The summed E-state index contributed by atoms with van der Waals surface area (Å²) in [5.41, 5.74) is 1.17. The lowest BCUT2D eigenvalue weighted by atomic mass is 10.2. The zero-order chi connectivity index (χ0) is 10.9. The monoisotopic (exact) mass is 204 g/mol. The Balaban J connectivity index is 2.25. The zero-order valence-electron chi connectivity index (χ0n) is 8.17. The van der Waals surface area contributed by atoms with Gasteiger partial charge in [0.15, 0.2) is 0 Å². The number of nitro groups is 1. The molecule has 0 atom stereocenters. The van der Waals surface area contributed by atoms with Gasteiger partial charge in [-0.25, -0.2) is 0 Å². The number of allylic oxidation sites excluding steroid dienone is 2. The largest absolute Gasteiger partial charge is 0.387 e. The number of nitrogens with one attached hydrogen (secondary N) is 1. The molecule has 0 saturated heterocycles. The van der Waals surface area contributed by atoms with Crippen molar-refractivity contribution >= 4 is 0 Å². The first-order valence-corrected chi connectivity index (χ1v) is 4.53. The van der Waals surface area contributed by atoms with E-state index in [1.54, 1.807) is 12.3 Å². The van der Waals surface area contributed by atoms with Crippen LogP contribution >= 0.6 is 0 Å². The molecule has 0 radical (unpaired) electrons. The van der Waals surface area contributed by atoms with E-state index in [0.29, 0.717) is 6.54 Å². The van der Waals surface area contributed by atoms with Crippen LogP contribution in [0.3, 0.4) is 0 Å². The first-order valence-electron chi connectivity index (χ1n) is 4.53. The molecule has 1 rings (SSSR count). The van der Waals surface area contributed by atoms with Crippen LogP contribution in [0.15, 0.2) is 54.9 Å². The number of hydrogen-bond donors (Lipinski definition) is 1. The molecule has 0 aromatic heterocycles. The SMILES string of the molecule is O=[N+]([O-])/C=C/C=C/NCc1ccccc1. The second kappa shape index (κ2) is 6.37. The maximum atomic E-state index is 9.92. The van der Waals surface area contributed by atoms with Crippen molar-refractivity contribution in [2.24, 2.45) is 0 Å².